The summed E-state index contributed by atoms with van der Waals surface area (Å²) < 4.78 is 4.23. The maximum atomic E-state index is 13.4. The molecule has 1 amide bonds. The Balaban J connectivity index is 1.46. The molecule has 2 bridgehead atoms. The number of carbonyl (C=O) groups is 1. The lowest BCUT2D eigenvalue weighted by atomic mass is 9.48. The SMILES string of the molecule is CC1(C)C2CC(NC(=O)c3cn(Cc4ccccc4Cl)n(-c4ccc(Br)cc4)c3=O)C[C@H]1C2. The quantitative estimate of drug-likeness (QED) is 0.465. The lowest BCUT2D eigenvalue weighted by molar-refractivity contribution is -0.0770. The fourth-order valence-electron chi connectivity index (χ4n) is 5.50. The third-order valence-corrected chi connectivity index (χ3v) is 8.61. The number of benzene rings is 2. The van der Waals surface area contributed by atoms with E-state index in [2.05, 4.69) is 35.1 Å². The van der Waals surface area contributed by atoms with E-state index < -0.39 is 0 Å². The number of carbonyl (C=O) groups excluding carboxylic acids is 1. The van der Waals surface area contributed by atoms with Crippen LogP contribution in [0.5, 0.6) is 0 Å². The van der Waals surface area contributed by atoms with Gasteiger partial charge in [-0.05, 0) is 72.4 Å². The van der Waals surface area contributed by atoms with Crippen LogP contribution >= 0.6 is 27.5 Å². The number of aromatic nitrogens is 2. The van der Waals surface area contributed by atoms with E-state index in [0.29, 0.717) is 34.5 Å². The van der Waals surface area contributed by atoms with Gasteiger partial charge in [-0.1, -0.05) is 59.6 Å². The molecule has 3 aliphatic rings. The molecule has 3 fully saturated rings. The predicted octanol–water partition coefficient (Wildman–Crippen LogP) is 5.66. The van der Waals surface area contributed by atoms with Gasteiger partial charge in [0.2, 0.25) is 0 Å². The zero-order valence-electron chi connectivity index (χ0n) is 18.7. The topological polar surface area (TPSA) is 56.0 Å². The minimum absolute atomic E-state index is 0.127. The standard InChI is InChI=1S/C26H27BrClN3O2/c1-26(2)17-11-18(26)13-20(12-17)29-24(32)22-15-30(14-16-5-3-4-6-23(16)28)31(25(22)33)21-9-7-19(27)8-10-21/h3-10,15,17-18,20H,11-14H2,1-2H3,(H,29,32)/t17-,18?,20?/m1/s1. The lowest BCUT2D eigenvalue weighted by Crippen LogP contribution is -2.56. The number of rotatable bonds is 5. The summed E-state index contributed by atoms with van der Waals surface area (Å²) in [7, 11) is 0. The molecule has 2 unspecified atom stereocenters. The normalized spacial score (nSPS) is 23.1. The summed E-state index contributed by atoms with van der Waals surface area (Å²) in [6, 6.07) is 15.1. The van der Waals surface area contributed by atoms with Crippen LogP contribution in [0.2, 0.25) is 5.02 Å². The summed E-state index contributed by atoms with van der Waals surface area (Å²) in [5.74, 6) is 0.990. The van der Waals surface area contributed by atoms with Gasteiger partial charge in [0.1, 0.15) is 5.56 Å². The maximum Gasteiger partial charge on any atom is 0.284 e. The van der Waals surface area contributed by atoms with Gasteiger partial charge in [0.25, 0.3) is 11.5 Å². The van der Waals surface area contributed by atoms with Crippen LogP contribution in [0.25, 0.3) is 5.69 Å². The van der Waals surface area contributed by atoms with Crippen molar-refractivity contribution in [3.8, 4) is 5.69 Å². The van der Waals surface area contributed by atoms with Gasteiger partial charge in [0, 0.05) is 21.7 Å². The monoisotopic (exact) mass is 527 g/mol. The van der Waals surface area contributed by atoms with Gasteiger partial charge in [-0.2, -0.15) is 0 Å². The van der Waals surface area contributed by atoms with Gasteiger partial charge in [0.15, 0.2) is 0 Å². The summed E-state index contributed by atoms with van der Waals surface area (Å²) >= 11 is 9.83. The van der Waals surface area contributed by atoms with Crippen LogP contribution < -0.4 is 10.9 Å². The molecule has 3 saturated carbocycles. The average molecular weight is 529 g/mol. The zero-order valence-corrected chi connectivity index (χ0v) is 21.1. The molecule has 3 aliphatic carbocycles. The van der Waals surface area contributed by atoms with Gasteiger partial charge in [-0.25, -0.2) is 4.68 Å². The van der Waals surface area contributed by atoms with Gasteiger partial charge in [-0.15, -0.1) is 0 Å². The maximum absolute atomic E-state index is 13.4. The van der Waals surface area contributed by atoms with Crippen LogP contribution in [0.3, 0.4) is 0 Å². The van der Waals surface area contributed by atoms with Crippen molar-refractivity contribution in [1.82, 2.24) is 14.7 Å². The molecular formula is C26H27BrClN3O2. The van der Waals surface area contributed by atoms with Crippen molar-refractivity contribution in [2.24, 2.45) is 17.3 Å². The fourth-order valence-corrected chi connectivity index (χ4v) is 5.96. The van der Waals surface area contributed by atoms with E-state index >= 15 is 0 Å². The van der Waals surface area contributed by atoms with Crippen LogP contribution in [0.15, 0.2) is 64.0 Å². The fraction of sp³-hybridized carbons (Fsp3) is 0.385. The zero-order chi connectivity index (χ0) is 23.3. The van der Waals surface area contributed by atoms with E-state index in [1.54, 1.807) is 15.6 Å². The number of hydrogen-bond acceptors (Lipinski definition) is 2. The number of fused-ring (bicyclic) bond motifs is 2. The number of amides is 1. The molecule has 5 nitrogen and oxygen atoms in total. The smallest absolute Gasteiger partial charge is 0.284 e. The summed E-state index contributed by atoms with van der Waals surface area (Å²) in [5, 5.41) is 3.77. The third-order valence-electron chi connectivity index (χ3n) is 7.71. The second-order valence-electron chi connectivity index (χ2n) is 9.92. The van der Waals surface area contributed by atoms with Crippen LogP contribution in [0.1, 0.15) is 49.0 Å². The van der Waals surface area contributed by atoms with E-state index in [-0.39, 0.29) is 23.1 Å². The second kappa shape index (κ2) is 8.48. The molecule has 0 saturated heterocycles. The van der Waals surface area contributed by atoms with Crippen LogP contribution in [-0.2, 0) is 6.54 Å². The van der Waals surface area contributed by atoms with Crippen LogP contribution in [-0.4, -0.2) is 21.3 Å². The second-order valence-corrected chi connectivity index (χ2v) is 11.2. The van der Waals surface area contributed by atoms with Gasteiger partial charge in [-0.3, -0.25) is 14.3 Å². The first-order valence-corrected chi connectivity index (χ1v) is 12.5. The van der Waals surface area contributed by atoms with Crippen LogP contribution in [0, 0.1) is 17.3 Å². The summed E-state index contributed by atoms with van der Waals surface area (Å²) in [4.78, 5) is 26.7. The van der Waals surface area contributed by atoms with Crippen molar-refractivity contribution in [2.75, 3.05) is 0 Å². The Bertz CT molecular complexity index is 1250. The lowest BCUT2D eigenvalue weighted by Gasteiger charge is -2.58. The van der Waals surface area contributed by atoms with E-state index in [9.17, 15) is 9.59 Å². The molecule has 7 heteroatoms. The highest BCUT2D eigenvalue weighted by Gasteiger charge is 2.52. The Labute approximate surface area is 206 Å². The van der Waals surface area contributed by atoms with E-state index in [1.807, 2.05) is 48.5 Å². The van der Waals surface area contributed by atoms with Crippen LogP contribution in [0.4, 0.5) is 0 Å². The first-order valence-electron chi connectivity index (χ1n) is 11.4. The van der Waals surface area contributed by atoms with Crippen molar-refractivity contribution < 1.29 is 4.79 Å². The Morgan fingerprint density at radius 2 is 1.76 bits per heavy atom. The highest BCUT2D eigenvalue weighted by molar-refractivity contribution is 9.10. The molecule has 0 spiro atoms. The van der Waals surface area contributed by atoms with Gasteiger partial charge < -0.3 is 5.32 Å². The largest absolute Gasteiger partial charge is 0.349 e. The number of nitrogens with one attached hydrogen (secondary N) is 1. The molecule has 1 aromatic heterocycles. The van der Waals surface area contributed by atoms with E-state index in [1.165, 1.54) is 6.42 Å². The molecule has 1 heterocycles. The minimum Gasteiger partial charge on any atom is -0.349 e. The van der Waals surface area contributed by atoms with E-state index in [0.717, 1.165) is 22.9 Å². The number of halogens is 2. The van der Waals surface area contributed by atoms with Gasteiger partial charge in [0.05, 0.1) is 12.2 Å². The van der Waals surface area contributed by atoms with E-state index in [4.69, 9.17) is 11.6 Å². The molecule has 0 aliphatic heterocycles. The first kappa shape index (κ1) is 22.5. The van der Waals surface area contributed by atoms with Crippen molar-refractivity contribution in [3.05, 3.63) is 85.7 Å². The van der Waals surface area contributed by atoms with Crippen molar-refractivity contribution in [2.45, 2.75) is 45.7 Å². The Morgan fingerprint density at radius 1 is 1.09 bits per heavy atom. The summed E-state index contributed by atoms with van der Waals surface area (Å²) in [6.45, 7) is 5.03. The minimum atomic E-state index is -0.330. The molecule has 33 heavy (non-hydrogen) atoms. The number of hydrogen-bond donors (Lipinski definition) is 1. The van der Waals surface area contributed by atoms with Gasteiger partial charge >= 0.3 is 0 Å². The molecule has 3 atom stereocenters. The molecule has 1 N–H and O–H groups in total. The first-order chi connectivity index (χ1) is 15.7. The third kappa shape index (κ3) is 4.08. The molecule has 0 radical (unpaired) electrons. The Kier molecular flexibility index (Phi) is 5.78. The molecule has 172 valence electrons. The number of nitrogens with zero attached hydrogens (tertiary/aromatic N) is 2. The summed E-state index contributed by atoms with van der Waals surface area (Å²) in [5.41, 5.74) is 1.76. The molecule has 6 rings (SSSR count). The molecule has 2 aromatic carbocycles. The highest BCUT2D eigenvalue weighted by atomic mass is 79.9. The predicted molar refractivity (Wildman–Crippen MR) is 134 cm³/mol. The molecule has 3 aromatic rings. The summed E-state index contributed by atoms with van der Waals surface area (Å²) in [6.07, 6.45) is 4.87. The van der Waals surface area contributed by atoms with Crippen molar-refractivity contribution in [1.29, 1.82) is 0 Å². The average Bonchev–Trinajstić information content (AvgIpc) is 3.12. The molecular weight excluding hydrogens is 502 g/mol. The Morgan fingerprint density at radius 3 is 2.39 bits per heavy atom. The van der Waals surface area contributed by atoms with Crippen molar-refractivity contribution in [3.63, 3.8) is 0 Å². The highest BCUT2D eigenvalue weighted by Crippen LogP contribution is 2.59. The Hall–Kier alpha value is -2.31. The van der Waals surface area contributed by atoms with Crippen molar-refractivity contribution >= 4 is 33.4 Å².